The van der Waals surface area contributed by atoms with Crippen molar-refractivity contribution in [1.29, 1.82) is 0 Å². The third-order valence-electron chi connectivity index (χ3n) is 4.27. The molecule has 1 heterocycles. The topological polar surface area (TPSA) is 91.9 Å². The molecule has 1 aromatic heterocycles. The molecule has 6 heteroatoms. The summed E-state index contributed by atoms with van der Waals surface area (Å²) in [5, 5.41) is 12.9. The molecule has 3 rings (SSSR count). The van der Waals surface area contributed by atoms with Gasteiger partial charge in [-0.3, -0.25) is 4.79 Å². The zero-order valence-corrected chi connectivity index (χ0v) is 15.6. The fourth-order valence-corrected chi connectivity index (χ4v) is 2.78. The largest absolute Gasteiger partial charge is 0.478 e. The summed E-state index contributed by atoms with van der Waals surface area (Å²) in [6, 6.07) is 15.8. The molecule has 0 radical (unpaired) electrons. The van der Waals surface area contributed by atoms with Crippen LogP contribution >= 0.6 is 0 Å². The highest BCUT2D eigenvalue weighted by Gasteiger charge is 2.07. The molecule has 0 saturated carbocycles. The number of nitrogens with one attached hydrogen (secondary N) is 1. The van der Waals surface area contributed by atoms with Gasteiger partial charge in [0, 0.05) is 5.56 Å². The van der Waals surface area contributed by atoms with Gasteiger partial charge in [0.05, 0.1) is 18.2 Å². The maximum absolute atomic E-state index is 12.1. The van der Waals surface area contributed by atoms with Gasteiger partial charge in [-0.05, 0) is 49.2 Å². The van der Waals surface area contributed by atoms with Crippen LogP contribution in [0, 0.1) is 13.8 Å². The van der Waals surface area contributed by atoms with Gasteiger partial charge >= 0.3 is 5.97 Å². The number of amides is 1. The average Bonchev–Trinajstić information content (AvgIpc) is 3.13. The molecule has 0 aliphatic heterocycles. The molecule has 2 aromatic carbocycles. The predicted molar refractivity (Wildman–Crippen MR) is 106 cm³/mol. The third-order valence-corrected chi connectivity index (χ3v) is 4.27. The summed E-state index contributed by atoms with van der Waals surface area (Å²) in [4.78, 5) is 22.9. The Hall–Kier alpha value is -3.67. The van der Waals surface area contributed by atoms with Crippen molar-refractivity contribution in [2.75, 3.05) is 0 Å². The highest BCUT2D eigenvalue weighted by atomic mass is 16.4. The number of furan rings is 1. The molecular weight excluding hydrogens is 356 g/mol. The number of benzene rings is 2. The molecule has 0 fully saturated rings. The Labute approximate surface area is 162 Å². The lowest BCUT2D eigenvalue weighted by Crippen LogP contribution is -2.20. The number of carboxylic acid groups (broad SMARTS) is 1. The Bertz CT molecular complexity index is 1030. The van der Waals surface area contributed by atoms with Gasteiger partial charge in [0.2, 0.25) is 5.91 Å². The van der Waals surface area contributed by atoms with Crippen molar-refractivity contribution < 1.29 is 19.1 Å². The van der Waals surface area contributed by atoms with Crippen molar-refractivity contribution in [1.82, 2.24) is 5.43 Å². The first kappa shape index (κ1) is 19.1. The van der Waals surface area contributed by atoms with E-state index in [4.69, 9.17) is 9.52 Å². The maximum atomic E-state index is 12.1. The first-order valence-electron chi connectivity index (χ1n) is 8.74. The molecule has 0 bridgehead atoms. The van der Waals surface area contributed by atoms with Gasteiger partial charge in [-0.2, -0.15) is 5.10 Å². The Kier molecular flexibility index (Phi) is 5.69. The standard InChI is InChI=1S/C22H20N2O4/c1-14-3-4-18(15(2)11-14)12-21(25)24-23-13-19-9-10-20(28-19)16-5-7-17(8-6-16)22(26)27/h3-11,13H,12H2,1-2H3,(H,24,25)(H,26,27)/b23-13+. The average molecular weight is 376 g/mol. The lowest BCUT2D eigenvalue weighted by atomic mass is 10.0. The van der Waals surface area contributed by atoms with E-state index in [1.807, 2.05) is 32.0 Å². The van der Waals surface area contributed by atoms with Crippen LogP contribution in [0.5, 0.6) is 0 Å². The van der Waals surface area contributed by atoms with Crippen molar-refractivity contribution in [3.05, 3.63) is 82.6 Å². The van der Waals surface area contributed by atoms with Gasteiger partial charge in [-0.15, -0.1) is 0 Å². The fraction of sp³-hybridized carbons (Fsp3) is 0.136. The molecule has 3 aromatic rings. The quantitative estimate of drug-likeness (QED) is 0.503. The van der Waals surface area contributed by atoms with E-state index < -0.39 is 5.97 Å². The Balaban J connectivity index is 1.59. The molecule has 2 N–H and O–H groups in total. The van der Waals surface area contributed by atoms with Gasteiger partial charge in [-0.25, -0.2) is 10.2 Å². The van der Waals surface area contributed by atoms with Crippen LogP contribution < -0.4 is 5.43 Å². The first-order valence-corrected chi connectivity index (χ1v) is 8.74. The van der Waals surface area contributed by atoms with Gasteiger partial charge in [-0.1, -0.05) is 35.9 Å². The van der Waals surface area contributed by atoms with Crippen molar-refractivity contribution >= 4 is 18.1 Å². The zero-order chi connectivity index (χ0) is 20.1. The number of aryl methyl sites for hydroxylation is 2. The number of nitrogens with zero attached hydrogens (tertiary/aromatic N) is 1. The van der Waals surface area contributed by atoms with Gasteiger partial charge in [0.1, 0.15) is 11.5 Å². The zero-order valence-electron chi connectivity index (χ0n) is 15.6. The number of carbonyl (C=O) groups excluding carboxylic acids is 1. The molecule has 0 atom stereocenters. The van der Waals surface area contributed by atoms with Crippen LogP contribution in [0.15, 0.2) is 64.1 Å². The van der Waals surface area contributed by atoms with Gasteiger partial charge in [0.25, 0.3) is 0 Å². The van der Waals surface area contributed by atoms with E-state index in [1.165, 1.54) is 18.3 Å². The van der Waals surface area contributed by atoms with Crippen molar-refractivity contribution in [2.24, 2.45) is 5.10 Å². The van der Waals surface area contributed by atoms with Crippen LogP contribution in [0.25, 0.3) is 11.3 Å². The number of rotatable bonds is 6. The molecule has 0 unspecified atom stereocenters. The molecular formula is C22H20N2O4. The van der Waals surface area contributed by atoms with Crippen LogP contribution in [0.3, 0.4) is 0 Å². The van der Waals surface area contributed by atoms with Gasteiger partial charge < -0.3 is 9.52 Å². The van der Waals surface area contributed by atoms with Crippen LogP contribution in [-0.2, 0) is 11.2 Å². The van der Waals surface area contributed by atoms with E-state index >= 15 is 0 Å². The van der Waals surface area contributed by atoms with Crippen LogP contribution in [-0.4, -0.2) is 23.2 Å². The number of aromatic carboxylic acids is 1. The fourth-order valence-electron chi connectivity index (χ4n) is 2.78. The Morgan fingerprint density at radius 3 is 2.50 bits per heavy atom. The summed E-state index contributed by atoms with van der Waals surface area (Å²) in [6.45, 7) is 3.99. The summed E-state index contributed by atoms with van der Waals surface area (Å²) in [5.74, 6) is -0.126. The van der Waals surface area contributed by atoms with E-state index in [1.54, 1.807) is 24.3 Å². The van der Waals surface area contributed by atoms with Crippen molar-refractivity contribution in [3.63, 3.8) is 0 Å². The summed E-state index contributed by atoms with van der Waals surface area (Å²) < 4.78 is 5.65. The summed E-state index contributed by atoms with van der Waals surface area (Å²) in [6.07, 6.45) is 1.68. The number of hydrazone groups is 1. The number of carbonyl (C=O) groups is 2. The van der Waals surface area contributed by atoms with E-state index in [2.05, 4.69) is 10.5 Å². The van der Waals surface area contributed by atoms with E-state index in [-0.39, 0.29) is 17.9 Å². The van der Waals surface area contributed by atoms with Crippen LogP contribution in [0.2, 0.25) is 0 Å². The third kappa shape index (κ3) is 4.73. The summed E-state index contributed by atoms with van der Waals surface area (Å²) >= 11 is 0. The number of hydrogen-bond donors (Lipinski definition) is 2. The lowest BCUT2D eigenvalue weighted by molar-refractivity contribution is -0.120. The molecule has 0 spiro atoms. The molecule has 1 amide bonds. The van der Waals surface area contributed by atoms with Crippen molar-refractivity contribution in [2.45, 2.75) is 20.3 Å². The van der Waals surface area contributed by atoms with E-state index in [0.717, 1.165) is 22.3 Å². The first-order chi connectivity index (χ1) is 13.4. The SMILES string of the molecule is Cc1ccc(CC(=O)N/N=C/c2ccc(-c3ccc(C(=O)O)cc3)o2)c(C)c1. The number of carboxylic acids is 1. The number of hydrogen-bond acceptors (Lipinski definition) is 4. The highest BCUT2D eigenvalue weighted by Crippen LogP contribution is 2.22. The second kappa shape index (κ2) is 8.35. The Morgan fingerprint density at radius 2 is 1.82 bits per heavy atom. The smallest absolute Gasteiger partial charge is 0.335 e. The van der Waals surface area contributed by atoms with E-state index in [0.29, 0.717) is 11.5 Å². The molecule has 0 saturated heterocycles. The van der Waals surface area contributed by atoms with E-state index in [9.17, 15) is 9.59 Å². The minimum Gasteiger partial charge on any atom is -0.478 e. The summed E-state index contributed by atoms with van der Waals surface area (Å²) in [5.41, 5.74) is 6.65. The molecule has 0 aliphatic rings. The second-order valence-corrected chi connectivity index (χ2v) is 6.48. The summed E-state index contributed by atoms with van der Waals surface area (Å²) in [7, 11) is 0. The van der Waals surface area contributed by atoms with Gasteiger partial charge in [0.15, 0.2) is 0 Å². The highest BCUT2D eigenvalue weighted by molar-refractivity contribution is 5.88. The lowest BCUT2D eigenvalue weighted by Gasteiger charge is -2.05. The predicted octanol–water partition coefficient (Wildman–Crippen LogP) is 3.95. The van der Waals surface area contributed by atoms with Crippen molar-refractivity contribution in [3.8, 4) is 11.3 Å². The minimum absolute atomic E-state index is 0.209. The second-order valence-electron chi connectivity index (χ2n) is 6.48. The monoisotopic (exact) mass is 376 g/mol. The minimum atomic E-state index is -0.976. The Morgan fingerprint density at radius 1 is 1.07 bits per heavy atom. The van der Waals surface area contributed by atoms with Crippen LogP contribution in [0.1, 0.15) is 32.8 Å². The molecule has 142 valence electrons. The van der Waals surface area contributed by atoms with Crippen LogP contribution in [0.4, 0.5) is 0 Å². The molecule has 6 nitrogen and oxygen atoms in total. The molecule has 28 heavy (non-hydrogen) atoms. The maximum Gasteiger partial charge on any atom is 0.335 e. The molecule has 0 aliphatic carbocycles. The normalized spacial score (nSPS) is 10.9.